The molecule has 2 saturated heterocycles. The van der Waals surface area contributed by atoms with Gasteiger partial charge >= 0.3 is 0 Å². The molecule has 0 radical (unpaired) electrons. The number of piperidine rings is 1. The van der Waals surface area contributed by atoms with Crippen molar-refractivity contribution in [2.45, 2.75) is 38.3 Å². The summed E-state index contributed by atoms with van der Waals surface area (Å²) in [5, 5.41) is 0.723. The molecule has 1 aromatic rings. The van der Waals surface area contributed by atoms with Crippen molar-refractivity contribution in [3.05, 3.63) is 22.8 Å². The molecule has 3 heterocycles. The molecule has 0 amide bonds. The zero-order chi connectivity index (χ0) is 13.9. The second kappa shape index (κ2) is 6.29. The Labute approximate surface area is 125 Å². The number of halogens is 1. The molecule has 4 nitrogen and oxygen atoms in total. The molecule has 2 aliphatic rings. The van der Waals surface area contributed by atoms with Crippen LogP contribution in [-0.4, -0.2) is 47.0 Å². The fourth-order valence-corrected chi connectivity index (χ4v) is 3.53. The first-order valence-corrected chi connectivity index (χ1v) is 7.97. The van der Waals surface area contributed by atoms with E-state index in [2.05, 4.69) is 14.8 Å². The van der Waals surface area contributed by atoms with E-state index >= 15 is 0 Å². The second-order valence-electron chi connectivity index (χ2n) is 5.94. The van der Waals surface area contributed by atoms with Gasteiger partial charge in [0.25, 0.3) is 0 Å². The molecule has 1 unspecified atom stereocenters. The summed E-state index contributed by atoms with van der Waals surface area (Å²) in [6.45, 7) is 5.63. The van der Waals surface area contributed by atoms with Crippen molar-refractivity contribution in [2.75, 3.05) is 31.9 Å². The van der Waals surface area contributed by atoms with Crippen LogP contribution in [0.15, 0.2) is 12.1 Å². The first-order chi connectivity index (χ1) is 9.72. The molecule has 1 aromatic heterocycles. The van der Waals surface area contributed by atoms with E-state index in [1.807, 2.05) is 6.07 Å². The van der Waals surface area contributed by atoms with Crippen molar-refractivity contribution in [3.8, 4) is 0 Å². The number of rotatable bonds is 3. The van der Waals surface area contributed by atoms with E-state index in [9.17, 15) is 0 Å². The summed E-state index contributed by atoms with van der Waals surface area (Å²) >= 11 is 6.20. The van der Waals surface area contributed by atoms with E-state index in [1.54, 1.807) is 6.07 Å². The molecule has 2 aliphatic heterocycles. The third-order valence-corrected chi connectivity index (χ3v) is 4.81. The van der Waals surface area contributed by atoms with Gasteiger partial charge in [-0.2, -0.15) is 0 Å². The molecular formula is C15H23ClN4. The van der Waals surface area contributed by atoms with E-state index in [4.69, 9.17) is 17.3 Å². The lowest BCUT2D eigenvalue weighted by atomic mass is 10.1. The van der Waals surface area contributed by atoms with Crippen LogP contribution in [0.5, 0.6) is 0 Å². The van der Waals surface area contributed by atoms with E-state index in [0.717, 1.165) is 36.4 Å². The Kier molecular flexibility index (Phi) is 4.44. The zero-order valence-corrected chi connectivity index (χ0v) is 12.6. The van der Waals surface area contributed by atoms with Crippen molar-refractivity contribution < 1.29 is 0 Å². The summed E-state index contributed by atoms with van der Waals surface area (Å²) in [5.74, 6) is 0.552. The molecule has 0 aromatic carbocycles. The van der Waals surface area contributed by atoms with E-state index in [0.29, 0.717) is 5.82 Å². The van der Waals surface area contributed by atoms with E-state index < -0.39 is 0 Å². The topological polar surface area (TPSA) is 45.4 Å². The first-order valence-electron chi connectivity index (χ1n) is 7.59. The largest absolute Gasteiger partial charge is 0.384 e. The summed E-state index contributed by atoms with van der Waals surface area (Å²) in [4.78, 5) is 9.48. The monoisotopic (exact) mass is 294 g/mol. The number of nitrogens with zero attached hydrogens (tertiary/aromatic N) is 3. The third-order valence-electron chi connectivity index (χ3n) is 4.47. The Morgan fingerprint density at radius 1 is 1.20 bits per heavy atom. The van der Waals surface area contributed by atoms with Crippen LogP contribution in [0.3, 0.4) is 0 Å². The van der Waals surface area contributed by atoms with Gasteiger partial charge in [-0.05, 0) is 44.5 Å². The van der Waals surface area contributed by atoms with Crippen LogP contribution in [0.1, 0.15) is 31.4 Å². The van der Waals surface area contributed by atoms with Crippen LogP contribution in [0, 0.1) is 0 Å². The van der Waals surface area contributed by atoms with Gasteiger partial charge in [0.05, 0.1) is 10.7 Å². The van der Waals surface area contributed by atoms with E-state index in [-0.39, 0.29) is 0 Å². The molecule has 3 rings (SSSR count). The molecule has 2 fully saturated rings. The molecule has 0 bridgehead atoms. The highest BCUT2D eigenvalue weighted by molar-refractivity contribution is 6.31. The number of hydrogen-bond acceptors (Lipinski definition) is 4. The number of aromatic nitrogens is 1. The van der Waals surface area contributed by atoms with Gasteiger partial charge in [0, 0.05) is 25.7 Å². The molecule has 0 spiro atoms. The minimum Gasteiger partial charge on any atom is -0.384 e. The van der Waals surface area contributed by atoms with Crippen LogP contribution < -0.4 is 5.73 Å². The second-order valence-corrected chi connectivity index (χ2v) is 6.35. The maximum Gasteiger partial charge on any atom is 0.123 e. The van der Waals surface area contributed by atoms with E-state index in [1.165, 1.54) is 38.8 Å². The number of nitrogen functional groups attached to an aromatic ring is 1. The Balaban J connectivity index is 1.58. The van der Waals surface area contributed by atoms with Crippen molar-refractivity contribution in [1.82, 2.24) is 14.8 Å². The van der Waals surface area contributed by atoms with Crippen molar-refractivity contribution in [2.24, 2.45) is 0 Å². The fraction of sp³-hybridized carbons (Fsp3) is 0.667. The van der Waals surface area contributed by atoms with Crippen LogP contribution in [0.4, 0.5) is 5.82 Å². The summed E-state index contributed by atoms with van der Waals surface area (Å²) in [7, 11) is 0. The molecule has 1 atom stereocenters. The number of anilines is 1. The van der Waals surface area contributed by atoms with Gasteiger partial charge in [0.1, 0.15) is 5.82 Å². The molecule has 20 heavy (non-hydrogen) atoms. The number of likely N-dealkylation sites (tertiary alicyclic amines) is 2. The molecular weight excluding hydrogens is 272 g/mol. The predicted molar refractivity (Wildman–Crippen MR) is 82.8 cm³/mol. The van der Waals surface area contributed by atoms with Gasteiger partial charge in [-0.3, -0.25) is 9.80 Å². The molecule has 5 heteroatoms. The lowest BCUT2D eigenvalue weighted by Gasteiger charge is -2.32. The maximum atomic E-state index is 6.20. The standard InChI is InChI=1S/C15H23ClN4/c16-13-4-5-15(17)18-14(13)11-19-9-6-12(10-19)20-7-2-1-3-8-20/h4-5,12H,1-3,6-11H2,(H2,17,18). The van der Waals surface area contributed by atoms with Crippen LogP contribution in [0.2, 0.25) is 5.02 Å². The summed E-state index contributed by atoms with van der Waals surface area (Å²) < 4.78 is 0. The fourth-order valence-electron chi connectivity index (χ4n) is 3.36. The average molecular weight is 295 g/mol. The molecule has 0 aliphatic carbocycles. The summed E-state index contributed by atoms with van der Waals surface area (Å²) in [6, 6.07) is 4.32. The van der Waals surface area contributed by atoms with Gasteiger partial charge in [-0.25, -0.2) is 4.98 Å². The molecule has 2 N–H and O–H groups in total. The number of hydrogen-bond donors (Lipinski definition) is 1. The van der Waals surface area contributed by atoms with Crippen molar-refractivity contribution in [1.29, 1.82) is 0 Å². The predicted octanol–water partition coefficient (Wildman–Crippen LogP) is 2.38. The maximum absolute atomic E-state index is 6.20. The molecule has 0 saturated carbocycles. The number of pyridine rings is 1. The van der Waals surface area contributed by atoms with Crippen molar-refractivity contribution in [3.63, 3.8) is 0 Å². The van der Waals surface area contributed by atoms with Crippen molar-refractivity contribution >= 4 is 17.4 Å². The smallest absolute Gasteiger partial charge is 0.123 e. The van der Waals surface area contributed by atoms with Gasteiger partial charge in [0.15, 0.2) is 0 Å². The lowest BCUT2D eigenvalue weighted by molar-refractivity contribution is 0.161. The average Bonchev–Trinajstić information content (AvgIpc) is 2.92. The Morgan fingerprint density at radius 2 is 2.00 bits per heavy atom. The summed E-state index contributed by atoms with van der Waals surface area (Å²) in [5.41, 5.74) is 6.66. The highest BCUT2D eigenvalue weighted by Crippen LogP contribution is 2.23. The Bertz CT molecular complexity index is 459. The van der Waals surface area contributed by atoms with Crippen LogP contribution >= 0.6 is 11.6 Å². The number of nitrogens with two attached hydrogens (primary N) is 1. The quantitative estimate of drug-likeness (QED) is 0.930. The van der Waals surface area contributed by atoms with Crippen LogP contribution in [-0.2, 0) is 6.54 Å². The normalized spacial score (nSPS) is 25.1. The van der Waals surface area contributed by atoms with Gasteiger partial charge in [-0.1, -0.05) is 18.0 Å². The molecule has 110 valence electrons. The Morgan fingerprint density at radius 3 is 2.80 bits per heavy atom. The summed E-state index contributed by atoms with van der Waals surface area (Å²) in [6.07, 6.45) is 5.38. The van der Waals surface area contributed by atoms with Crippen LogP contribution in [0.25, 0.3) is 0 Å². The SMILES string of the molecule is Nc1ccc(Cl)c(CN2CCC(N3CCCCC3)C2)n1. The zero-order valence-electron chi connectivity index (χ0n) is 11.9. The van der Waals surface area contributed by atoms with Gasteiger partial charge in [0.2, 0.25) is 0 Å². The first kappa shape index (κ1) is 14.1. The highest BCUT2D eigenvalue weighted by atomic mass is 35.5. The van der Waals surface area contributed by atoms with Gasteiger partial charge < -0.3 is 5.73 Å². The minimum absolute atomic E-state index is 0.552. The third kappa shape index (κ3) is 3.25. The minimum atomic E-state index is 0.552. The highest BCUT2D eigenvalue weighted by Gasteiger charge is 2.28. The Hall–Kier alpha value is -0.840. The van der Waals surface area contributed by atoms with Gasteiger partial charge in [-0.15, -0.1) is 0 Å². The lowest BCUT2D eigenvalue weighted by Crippen LogP contribution is -2.40.